The quantitative estimate of drug-likeness (QED) is 0.596. The molecule has 7 nitrogen and oxygen atoms in total. The number of aromatic nitrogens is 1. The van der Waals surface area contributed by atoms with Crippen LogP contribution >= 0.6 is 11.6 Å². The Bertz CT molecular complexity index is 1130. The molecule has 0 radical (unpaired) electrons. The first-order valence-corrected chi connectivity index (χ1v) is 10.1. The Morgan fingerprint density at radius 1 is 0.964 bits per heavy atom. The van der Waals surface area contributed by atoms with Gasteiger partial charge in [0.15, 0.2) is 0 Å². The Hall–Kier alpha value is -2.94. The van der Waals surface area contributed by atoms with Gasteiger partial charge >= 0.3 is 6.03 Å². The third kappa shape index (κ3) is 4.66. The Balaban J connectivity index is 1.77. The topological polar surface area (TPSA) is 114 Å². The van der Waals surface area contributed by atoms with Crippen molar-refractivity contribution in [3.05, 3.63) is 71.4 Å². The van der Waals surface area contributed by atoms with Crippen molar-refractivity contribution >= 4 is 39.0 Å². The predicted octanol–water partition coefficient (Wildman–Crippen LogP) is 4.00. The number of carbonyl (C=O) groups excluding carboxylic acids is 1. The molecule has 3 aromatic rings. The first-order chi connectivity index (χ1) is 13.2. The summed E-state index contributed by atoms with van der Waals surface area (Å²) in [4.78, 5) is 16.6. The molecule has 144 valence electrons. The molecule has 2 aromatic carbocycles. The van der Waals surface area contributed by atoms with Crippen molar-refractivity contribution in [3.63, 3.8) is 0 Å². The van der Waals surface area contributed by atoms with E-state index in [0.29, 0.717) is 16.4 Å². The van der Waals surface area contributed by atoms with Crippen molar-refractivity contribution in [1.82, 2.24) is 4.98 Å². The van der Waals surface area contributed by atoms with Crippen LogP contribution in [0.2, 0.25) is 5.02 Å². The lowest BCUT2D eigenvalue weighted by Gasteiger charge is -2.12. The van der Waals surface area contributed by atoms with Crippen molar-refractivity contribution in [2.24, 2.45) is 5.14 Å². The van der Waals surface area contributed by atoms with Gasteiger partial charge in [0.05, 0.1) is 22.8 Å². The van der Waals surface area contributed by atoms with Crippen LogP contribution in [0.25, 0.3) is 11.3 Å². The summed E-state index contributed by atoms with van der Waals surface area (Å²) < 4.78 is 23.3. The number of carbonyl (C=O) groups is 1. The van der Waals surface area contributed by atoms with E-state index in [4.69, 9.17) is 16.7 Å². The normalized spacial score (nSPS) is 11.1. The molecule has 0 spiro atoms. The highest BCUT2D eigenvalue weighted by molar-refractivity contribution is 7.89. The number of benzene rings is 2. The number of anilines is 2. The minimum Gasteiger partial charge on any atom is -0.306 e. The maximum Gasteiger partial charge on any atom is 0.323 e. The Labute approximate surface area is 167 Å². The second kappa shape index (κ2) is 7.97. The van der Waals surface area contributed by atoms with Crippen LogP contribution in [0.1, 0.15) is 5.69 Å². The molecule has 0 aliphatic heterocycles. The SMILES string of the molecule is Cc1nc(-c2ccc(Cl)cc2)ccc1NC(=O)Nc1ccccc1S(N)(=O)=O. The molecule has 4 N–H and O–H groups in total. The van der Waals surface area contributed by atoms with Crippen LogP contribution < -0.4 is 15.8 Å². The standard InChI is InChI=1S/C19H17ClN4O3S/c1-12-15(10-11-16(22-12)13-6-8-14(20)9-7-13)23-19(25)24-17-4-2-3-5-18(17)28(21,26)27/h2-11H,1H3,(H2,21,26,27)(H2,23,24,25). The zero-order valence-electron chi connectivity index (χ0n) is 14.8. The lowest BCUT2D eigenvalue weighted by molar-refractivity contribution is 0.262. The summed E-state index contributed by atoms with van der Waals surface area (Å²) in [6.07, 6.45) is 0. The van der Waals surface area contributed by atoms with E-state index in [2.05, 4.69) is 15.6 Å². The highest BCUT2D eigenvalue weighted by Gasteiger charge is 2.15. The number of para-hydroxylation sites is 1. The van der Waals surface area contributed by atoms with Crippen LogP contribution in [0.3, 0.4) is 0 Å². The van der Waals surface area contributed by atoms with Gasteiger partial charge in [-0.1, -0.05) is 35.9 Å². The number of nitrogens with zero attached hydrogens (tertiary/aromatic N) is 1. The first kappa shape index (κ1) is 19.8. The molecule has 28 heavy (non-hydrogen) atoms. The van der Waals surface area contributed by atoms with E-state index in [1.807, 2.05) is 12.1 Å². The number of nitrogens with two attached hydrogens (primary N) is 1. The zero-order chi connectivity index (χ0) is 20.3. The fourth-order valence-electron chi connectivity index (χ4n) is 2.57. The highest BCUT2D eigenvalue weighted by atomic mass is 35.5. The van der Waals surface area contributed by atoms with Gasteiger partial charge in [0.25, 0.3) is 0 Å². The number of hydrogen-bond donors (Lipinski definition) is 3. The van der Waals surface area contributed by atoms with Crippen LogP contribution in [0, 0.1) is 6.92 Å². The lowest BCUT2D eigenvalue weighted by Crippen LogP contribution is -2.23. The van der Waals surface area contributed by atoms with Crippen molar-refractivity contribution < 1.29 is 13.2 Å². The zero-order valence-corrected chi connectivity index (χ0v) is 16.4. The van der Waals surface area contributed by atoms with Gasteiger partial charge < -0.3 is 10.6 Å². The number of nitrogens with one attached hydrogen (secondary N) is 2. The van der Waals surface area contributed by atoms with Gasteiger partial charge in [-0.15, -0.1) is 0 Å². The number of amides is 2. The van der Waals surface area contributed by atoms with Gasteiger partial charge in [-0.2, -0.15) is 0 Å². The molecule has 0 saturated heterocycles. The maximum absolute atomic E-state index is 12.3. The molecule has 0 aliphatic carbocycles. The Morgan fingerprint density at radius 2 is 1.61 bits per heavy atom. The second-order valence-corrected chi connectivity index (χ2v) is 7.92. The van der Waals surface area contributed by atoms with E-state index >= 15 is 0 Å². The van der Waals surface area contributed by atoms with Gasteiger partial charge in [-0.3, -0.25) is 4.98 Å². The summed E-state index contributed by atoms with van der Waals surface area (Å²) in [6.45, 7) is 1.76. The molecule has 0 bridgehead atoms. The van der Waals surface area contributed by atoms with Crippen LogP contribution in [0.4, 0.5) is 16.2 Å². The van der Waals surface area contributed by atoms with E-state index < -0.39 is 16.1 Å². The van der Waals surface area contributed by atoms with E-state index in [1.54, 1.807) is 37.3 Å². The molecule has 0 fully saturated rings. The number of pyridine rings is 1. The Morgan fingerprint density at radius 3 is 2.25 bits per heavy atom. The molecule has 0 aliphatic rings. The molecule has 1 heterocycles. The number of rotatable bonds is 4. The molecule has 0 atom stereocenters. The summed E-state index contributed by atoms with van der Waals surface area (Å²) >= 11 is 5.90. The van der Waals surface area contributed by atoms with Crippen molar-refractivity contribution in [1.29, 1.82) is 0 Å². The second-order valence-electron chi connectivity index (χ2n) is 5.96. The average Bonchev–Trinajstić information content (AvgIpc) is 2.63. The third-order valence-electron chi connectivity index (χ3n) is 3.92. The number of urea groups is 1. The number of hydrogen-bond acceptors (Lipinski definition) is 4. The van der Waals surface area contributed by atoms with E-state index in [9.17, 15) is 13.2 Å². The minimum atomic E-state index is -3.96. The minimum absolute atomic E-state index is 0.0888. The number of primary sulfonamides is 1. The van der Waals surface area contributed by atoms with Crippen molar-refractivity contribution in [3.8, 4) is 11.3 Å². The molecular weight excluding hydrogens is 400 g/mol. The molecule has 1 aromatic heterocycles. The average molecular weight is 417 g/mol. The van der Waals surface area contributed by atoms with Gasteiger partial charge in [-0.05, 0) is 43.3 Å². The summed E-state index contributed by atoms with van der Waals surface area (Å²) in [5.41, 5.74) is 2.81. The third-order valence-corrected chi connectivity index (χ3v) is 5.14. The molecular formula is C19H17ClN4O3S. The predicted molar refractivity (Wildman–Crippen MR) is 110 cm³/mol. The van der Waals surface area contributed by atoms with E-state index in [0.717, 1.165) is 11.3 Å². The maximum atomic E-state index is 12.3. The van der Waals surface area contributed by atoms with Gasteiger partial charge in [-0.25, -0.2) is 18.4 Å². The lowest BCUT2D eigenvalue weighted by atomic mass is 10.1. The van der Waals surface area contributed by atoms with E-state index in [1.165, 1.54) is 18.2 Å². The molecule has 9 heteroatoms. The summed E-state index contributed by atoms with van der Waals surface area (Å²) in [5.74, 6) is 0. The summed E-state index contributed by atoms with van der Waals surface area (Å²) in [5, 5.41) is 11.0. The van der Waals surface area contributed by atoms with Gasteiger partial charge in [0, 0.05) is 10.6 Å². The number of halogens is 1. The Kier molecular flexibility index (Phi) is 5.64. The van der Waals surface area contributed by atoms with Crippen molar-refractivity contribution in [2.75, 3.05) is 10.6 Å². The van der Waals surface area contributed by atoms with Crippen LogP contribution in [-0.4, -0.2) is 19.4 Å². The highest BCUT2D eigenvalue weighted by Crippen LogP contribution is 2.24. The molecule has 2 amide bonds. The number of sulfonamides is 1. The fraction of sp³-hybridized carbons (Fsp3) is 0.0526. The van der Waals surface area contributed by atoms with E-state index in [-0.39, 0.29) is 10.6 Å². The first-order valence-electron chi connectivity index (χ1n) is 8.17. The fourth-order valence-corrected chi connectivity index (χ4v) is 3.39. The summed E-state index contributed by atoms with van der Waals surface area (Å²) in [7, 11) is -3.96. The molecule has 0 saturated carbocycles. The van der Waals surface area contributed by atoms with Crippen LogP contribution in [-0.2, 0) is 10.0 Å². The summed E-state index contributed by atoms with van der Waals surface area (Å²) in [6, 6.07) is 16.0. The smallest absolute Gasteiger partial charge is 0.306 e. The molecule has 3 rings (SSSR count). The van der Waals surface area contributed by atoms with Gasteiger partial charge in [0.2, 0.25) is 10.0 Å². The van der Waals surface area contributed by atoms with Gasteiger partial charge in [0.1, 0.15) is 4.90 Å². The van der Waals surface area contributed by atoms with Crippen LogP contribution in [0.15, 0.2) is 65.6 Å². The largest absolute Gasteiger partial charge is 0.323 e. The van der Waals surface area contributed by atoms with Crippen LogP contribution in [0.5, 0.6) is 0 Å². The van der Waals surface area contributed by atoms with Crippen molar-refractivity contribution in [2.45, 2.75) is 11.8 Å². The number of aryl methyl sites for hydroxylation is 1. The molecule has 0 unspecified atom stereocenters. The monoisotopic (exact) mass is 416 g/mol.